The van der Waals surface area contributed by atoms with Gasteiger partial charge >= 0.3 is 0 Å². The lowest BCUT2D eigenvalue weighted by Crippen LogP contribution is -1.99. The molecular formula is C19H18N2O2. The molecule has 2 aromatic heterocycles. The number of aromatic nitrogens is 2. The van der Waals surface area contributed by atoms with Crippen LogP contribution in [0.25, 0.3) is 11.3 Å². The molecule has 0 aliphatic carbocycles. The van der Waals surface area contributed by atoms with Crippen molar-refractivity contribution in [2.24, 2.45) is 0 Å². The number of hydrogen-bond acceptors (Lipinski definition) is 4. The van der Waals surface area contributed by atoms with Crippen LogP contribution in [0.4, 0.5) is 0 Å². The summed E-state index contributed by atoms with van der Waals surface area (Å²) in [5.41, 5.74) is 3.74. The molecule has 23 heavy (non-hydrogen) atoms. The van der Waals surface area contributed by atoms with Crippen molar-refractivity contribution in [3.63, 3.8) is 0 Å². The molecule has 0 aliphatic rings. The average molecular weight is 306 g/mol. The molecule has 4 nitrogen and oxygen atoms in total. The number of methoxy groups -OCH3 is 1. The number of benzene rings is 1. The second-order valence-corrected chi connectivity index (χ2v) is 5.16. The second-order valence-electron chi connectivity index (χ2n) is 5.16. The molecule has 0 saturated carbocycles. The standard InChI is InChI=1S/C19H18N2O2/c1-14-8-10-17(23-13-15-6-4-3-5-7-15)19(21-14)16-9-11-18(22-2)20-12-16/h3-12H,13H2,1-2H3. The summed E-state index contributed by atoms with van der Waals surface area (Å²) in [5.74, 6) is 1.32. The fraction of sp³-hybridized carbons (Fsp3) is 0.158. The Kier molecular flexibility index (Phi) is 4.52. The highest BCUT2D eigenvalue weighted by molar-refractivity contribution is 5.65. The molecule has 0 fully saturated rings. The van der Waals surface area contributed by atoms with Crippen molar-refractivity contribution in [1.82, 2.24) is 9.97 Å². The maximum Gasteiger partial charge on any atom is 0.212 e. The SMILES string of the molecule is COc1ccc(-c2nc(C)ccc2OCc2ccccc2)cn1. The monoisotopic (exact) mass is 306 g/mol. The molecule has 0 saturated heterocycles. The number of rotatable bonds is 5. The van der Waals surface area contributed by atoms with E-state index in [0.29, 0.717) is 12.5 Å². The van der Waals surface area contributed by atoms with Gasteiger partial charge in [-0.1, -0.05) is 30.3 Å². The van der Waals surface area contributed by atoms with Crippen LogP contribution in [-0.2, 0) is 6.61 Å². The van der Waals surface area contributed by atoms with Crippen molar-refractivity contribution >= 4 is 0 Å². The van der Waals surface area contributed by atoms with E-state index < -0.39 is 0 Å². The lowest BCUT2D eigenvalue weighted by atomic mass is 10.1. The number of hydrogen-bond donors (Lipinski definition) is 0. The predicted octanol–water partition coefficient (Wildman–Crippen LogP) is 4.04. The normalized spacial score (nSPS) is 10.3. The van der Waals surface area contributed by atoms with Crippen LogP contribution in [0.3, 0.4) is 0 Å². The predicted molar refractivity (Wildman–Crippen MR) is 89.5 cm³/mol. The summed E-state index contributed by atoms with van der Waals surface area (Å²) in [4.78, 5) is 8.85. The summed E-state index contributed by atoms with van der Waals surface area (Å²) in [6.45, 7) is 2.46. The molecule has 0 N–H and O–H groups in total. The Morgan fingerprint density at radius 2 is 1.78 bits per heavy atom. The first kappa shape index (κ1) is 15.0. The van der Waals surface area contributed by atoms with Crippen LogP contribution in [0, 0.1) is 6.92 Å². The Labute approximate surface area is 135 Å². The summed E-state index contributed by atoms with van der Waals surface area (Å²) in [7, 11) is 1.60. The van der Waals surface area contributed by atoms with E-state index >= 15 is 0 Å². The smallest absolute Gasteiger partial charge is 0.212 e. The topological polar surface area (TPSA) is 44.2 Å². The highest BCUT2D eigenvalue weighted by Gasteiger charge is 2.10. The molecule has 4 heteroatoms. The fourth-order valence-electron chi connectivity index (χ4n) is 2.24. The van der Waals surface area contributed by atoms with E-state index in [-0.39, 0.29) is 0 Å². The van der Waals surface area contributed by atoms with E-state index in [2.05, 4.69) is 9.97 Å². The molecule has 1 aromatic carbocycles. The minimum absolute atomic E-state index is 0.502. The first-order chi connectivity index (χ1) is 11.3. The molecule has 0 unspecified atom stereocenters. The fourth-order valence-corrected chi connectivity index (χ4v) is 2.24. The molecule has 0 bridgehead atoms. The van der Waals surface area contributed by atoms with Gasteiger partial charge in [0.15, 0.2) is 0 Å². The van der Waals surface area contributed by atoms with Crippen LogP contribution >= 0.6 is 0 Å². The Morgan fingerprint density at radius 3 is 2.48 bits per heavy atom. The van der Waals surface area contributed by atoms with Gasteiger partial charge in [0.2, 0.25) is 5.88 Å². The van der Waals surface area contributed by atoms with E-state index in [1.165, 1.54) is 0 Å². The van der Waals surface area contributed by atoms with Gasteiger partial charge in [0, 0.05) is 23.5 Å². The van der Waals surface area contributed by atoms with Crippen LogP contribution < -0.4 is 9.47 Å². The summed E-state index contributed by atoms with van der Waals surface area (Å²) >= 11 is 0. The Morgan fingerprint density at radius 1 is 0.957 bits per heavy atom. The third-order valence-corrected chi connectivity index (χ3v) is 3.45. The van der Waals surface area contributed by atoms with Gasteiger partial charge in [0.25, 0.3) is 0 Å². The highest BCUT2D eigenvalue weighted by Crippen LogP contribution is 2.29. The number of pyridine rings is 2. The molecule has 0 aliphatic heterocycles. The minimum Gasteiger partial charge on any atom is -0.487 e. The van der Waals surface area contributed by atoms with Crippen LogP contribution in [0.2, 0.25) is 0 Å². The summed E-state index contributed by atoms with van der Waals surface area (Å²) in [6.07, 6.45) is 1.75. The molecule has 116 valence electrons. The van der Waals surface area contributed by atoms with Gasteiger partial charge in [0.05, 0.1) is 7.11 Å². The van der Waals surface area contributed by atoms with Crippen LogP contribution in [0.15, 0.2) is 60.8 Å². The first-order valence-corrected chi connectivity index (χ1v) is 7.41. The maximum absolute atomic E-state index is 5.97. The summed E-state index contributed by atoms with van der Waals surface area (Å²) in [6, 6.07) is 17.7. The second kappa shape index (κ2) is 6.92. The van der Waals surface area contributed by atoms with Crippen molar-refractivity contribution in [3.05, 3.63) is 72.1 Å². The zero-order valence-corrected chi connectivity index (χ0v) is 13.2. The van der Waals surface area contributed by atoms with Crippen LogP contribution in [-0.4, -0.2) is 17.1 Å². The largest absolute Gasteiger partial charge is 0.487 e. The molecule has 2 heterocycles. The van der Waals surface area contributed by atoms with Gasteiger partial charge in [0.1, 0.15) is 18.1 Å². The Hall–Kier alpha value is -2.88. The Balaban J connectivity index is 1.88. The van der Waals surface area contributed by atoms with Gasteiger partial charge < -0.3 is 9.47 Å². The molecule has 0 spiro atoms. The van der Waals surface area contributed by atoms with E-state index in [1.807, 2.05) is 61.5 Å². The van der Waals surface area contributed by atoms with Crippen molar-refractivity contribution in [2.45, 2.75) is 13.5 Å². The number of nitrogens with zero attached hydrogens (tertiary/aromatic N) is 2. The average Bonchev–Trinajstić information content (AvgIpc) is 2.61. The molecular weight excluding hydrogens is 288 g/mol. The van der Waals surface area contributed by atoms with Crippen molar-refractivity contribution < 1.29 is 9.47 Å². The van der Waals surface area contributed by atoms with Gasteiger partial charge in [-0.3, -0.25) is 0 Å². The number of ether oxygens (including phenoxy) is 2. The quantitative estimate of drug-likeness (QED) is 0.713. The highest BCUT2D eigenvalue weighted by atomic mass is 16.5. The van der Waals surface area contributed by atoms with E-state index in [4.69, 9.17) is 9.47 Å². The third-order valence-electron chi connectivity index (χ3n) is 3.45. The first-order valence-electron chi connectivity index (χ1n) is 7.41. The minimum atomic E-state index is 0.502. The lowest BCUT2D eigenvalue weighted by Gasteiger charge is -2.12. The van der Waals surface area contributed by atoms with E-state index in [0.717, 1.165) is 28.3 Å². The van der Waals surface area contributed by atoms with Crippen LogP contribution in [0.5, 0.6) is 11.6 Å². The molecule has 0 amide bonds. The van der Waals surface area contributed by atoms with Gasteiger partial charge in [-0.15, -0.1) is 0 Å². The molecule has 0 radical (unpaired) electrons. The van der Waals surface area contributed by atoms with Crippen LogP contribution in [0.1, 0.15) is 11.3 Å². The van der Waals surface area contributed by atoms with Crippen molar-refractivity contribution in [2.75, 3.05) is 7.11 Å². The van der Waals surface area contributed by atoms with E-state index in [9.17, 15) is 0 Å². The maximum atomic E-state index is 5.97. The van der Waals surface area contributed by atoms with Gasteiger partial charge in [-0.2, -0.15) is 0 Å². The molecule has 3 aromatic rings. The zero-order valence-electron chi connectivity index (χ0n) is 13.2. The summed E-state index contributed by atoms with van der Waals surface area (Å²) in [5, 5.41) is 0. The molecule has 0 atom stereocenters. The zero-order chi connectivity index (χ0) is 16.1. The molecule has 3 rings (SSSR count). The third kappa shape index (κ3) is 3.66. The van der Waals surface area contributed by atoms with Gasteiger partial charge in [-0.05, 0) is 30.7 Å². The van der Waals surface area contributed by atoms with Gasteiger partial charge in [-0.25, -0.2) is 9.97 Å². The summed E-state index contributed by atoms with van der Waals surface area (Å²) < 4.78 is 11.1. The van der Waals surface area contributed by atoms with Crippen molar-refractivity contribution in [3.8, 4) is 22.9 Å². The lowest BCUT2D eigenvalue weighted by molar-refractivity contribution is 0.306. The van der Waals surface area contributed by atoms with E-state index in [1.54, 1.807) is 13.3 Å². The Bertz CT molecular complexity index is 771. The number of aryl methyl sites for hydroxylation is 1. The van der Waals surface area contributed by atoms with Crippen molar-refractivity contribution in [1.29, 1.82) is 0 Å².